The molecule has 0 saturated carbocycles. The monoisotopic (exact) mass is 704 g/mol. The van der Waals surface area contributed by atoms with Gasteiger partial charge in [-0.15, -0.1) is 0 Å². The Hall–Kier alpha value is -3.32. The van der Waals surface area contributed by atoms with Crippen LogP contribution in [0.25, 0.3) is 10.9 Å². The van der Waals surface area contributed by atoms with E-state index in [9.17, 15) is 14.9 Å². The lowest BCUT2D eigenvalue weighted by molar-refractivity contribution is -0.384. The smallest absolute Gasteiger partial charge is 0.282 e. The molecule has 0 spiro atoms. The molecule has 4 aromatic rings. The van der Waals surface area contributed by atoms with Crippen molar-refractivity contribution < 1.29 is 14.4 Å². The molecule has 9 nitrogen and oxygen atoms in total. The zero-order valence-electron chi connectivity index (χ0n) is 21.6. The molecule has 0 bridgehead atoms. The first-order valence-electron chi connectivity index (χ1n) is 12.3. The average Bonchev–Trinajstić information content (AvgIpc) is 2.92. The minimum absolute atomic E-state index is 0.0248. The van der Waals surface area contributed by atoms with Crippen molar-refractivity contribution in [1.82, 2.24) is 9.66 Å². The highest BCUT2D eigenvalue weighted by Gasteiger charge is 2.17. The van der Waals surface area contributed by atoms with E-state index in [2.05, 4.69) is 43.6 Å². The molecule has 11 heteroatoms. The average molecular weight is 705 g/mol. The van der Waals surface area contributed by atoms with Crippen LogP contribution in [-0.2, 0) is 6.61 Å². The molecule has 0 aliphatic rings. The Labute approximate surface area is 247 Å². The van der Waals surface area contributed by atoms with Crippen molar-refractivity contribution in [3.63, 3.8) is 0 Å². The Morgan fingerprint density at radius 2 is 1.90 bits per heavy atom. The van der Waals surface area contributed by atoms with E-state index in [1.807, 2.05) is 39.0 Å². The van der Waals surface area contributed by atoms with Gasteiger partial charge in [-0.2, -0.15) is 9.78 Å². The summed E-state index contributed by atoms with van der Waals surface area (Å²) in [6, 6.07) is 15.4. The maximum atomic E-state index is 13.4. The van der Waals surface area contributed by atoms with Gasteiger partial charge in [0.15, 0.2) is 11.5 Å². The number of benzene rings is 3. The summed E-state index contributed by atoms with van der Waals surface area (Å²) in [5, 5.41) is 15.9. The van der Waals surface area contributed by atoms with Crippen LogP contribution < -0.4 is 15.0 Å². The molecule has 0 amide bonds. The van der Waals surface area contributed by atoms with E-state index in [0.29, 0.717) is 34.8 Å². The molecule has 1 aromatic heterocycles. The Bertz CT molecular complexity index is 1600. The van der Waals surface area contributed by atoms with Gasteiger partial charge in [-0.3, -0.25) is 14.9 Å². The number of hydrogen-bond acceptors (Lipinski definition) is 7. The fraction of sp³-hybridized carbons (Fsp3) is 0.250. The molecule has 3 aromatic carbocycles. The van der Waals surface area contributed by atoms with Crippen LogP contribution in [0.5, 0.6) is 11.5 Å². The van der Waals surface area contributed by atoms with Gasteiger partial charge in [-0.1, -0.05) is 29.8 Å². The number of halogens is 2. The fourth-order valence-corrected chi connectivity index (χ4v) is 4.98. The van der Waals surface area contributed by atoms with Crippen molar-refractivity contribution in [1.29, 1.82) is 0 Å². The predicted octanol–water partition coefficient (Wildman–Crippen LogP) is 7.05. The van der Waals surface area contributed by atoms with Gasteiger partial charge in [0.2, 0.25) is 0 Å². The highest BCUT2D eigenvalue weighted by Crippen LogP contribution is 2.34. The topological polar surface area (TPSA) is 109 Å². The third-order valence-corrected chi connectivity index (χ3v) is 7.37. The molecule has 0 aliphatic heterocycles. The number of fused-ring (bicyclic) bond motifs is 1. The van der Waals surface area contributed by atoms with Crippen LogP contribution in [-0.4, -0.2) is 27.4 Å². The molecule has 0 radical (unpaired) electrons. The van der Waals surface area contributed by atoms with Gasteiger partial charge in [0.1, 0.15) is 12.4 Å². The summed E-state index contributed by atoms with van der Waals surface area (Å²) < 4.78 is 14.9. The van der Waals surface area contributed by atoms with Gasteiger partial charge in [0.25, 0.3) is 11.2 Å². The van der Waals surface area contributed by atoms with E-state index in [1.165, 1.54) is 16.8 Å². The zero-order chi connectivity index (χ0) is 28.1. The lowest BCUT2D eigenvalue weighted by Crippen LogP contribution is -2.23. The van der Waals surface area contributed by atoms with Gasteiger partial charge in [-0.25, -0.2) is 4.98 Å². The van der Waals surface area contributed by atoms with Crippen molar-refractivity contribution in [2.45, 2.75) is 39.7 Å². The van der Waals surface area contributed by atoms with Crippen molar-refractivity contribution in [3.05, 3.63) is 100 Å². The maximum absolute atomic E-state index is 13.4. The van der Waals surface area contributed by atoms with Gasteiger partial charge in [0, 0.05) is 22.5 Å². The molecule has 0 aliphatic carbocycles. The first-order chi connectivity index (χ1) is 18.7. The van der Waals surface area contributed by atoms with Gasteiger partial charge < -0.3 is 9.47 Å². The number of nitrogens with zero attached hydrogens (tertiary/aromatic N) is 4. The van der Waals surface area contributed by atoms with Gasteiger partial charge >= 0.3 is 0 Å². The van der Waals surface area contributed by atoms with E-state index in [0.717, 1.165) is 25.6 Å². The summed E-state index contributed by atoms with van der Waals surface area (Å²) >= 11 is 5.60. The van der Waals surface area contributed by atoms with E-state index >= 15 is 0 Å². The number of non-ortho nitro benzene ring substituents is 1. The Morgan fingerprint density at radius 3 is 2.56 bits per heavy atom. The number of nitro groups is 1. The van der Waals surface area contributed by atoms with Crippen LogP contribution in [0, 0.1) is 13.7 Å². The van der Waals surface area contributed by atoms with Gasteiger partial charge in [-0.05, 0) is 89.5 Å². The largest absolute Gasteiger partial charge is 0.490 e. The van der Waals surface area contributed by atoms with Crippen LogP contribution in [0.1, 0.15) is 50.1 Å². The molecule has 0 N–H and O–H groups in total. The van der Waals surface area contributed by atoms with Crippen LogP contribution in [0.15, 0.2) is 69.0 Å². The summed E-state index contributed by atoms with van der Waals surface area (Å²) in [5.41, 5.74) is 1.93. The van der Waals surface area contributed by atoms with Crippen molar-refractivity contribution >= 4 is 61.3 Å². The fourth-order valence-electron chi connectivity index (χ4n) is 3.84. The molecular formula is C28H26BrIN4O5. The molecule has 1 atom stereocenters. The quantitative estimate of drug-likeness (QED) is 0.0758. The third kappa shape index (κ3) is 6.64. The van der Waals surface area contributed by atoms with Crippen molar-refractivity contribution in [2.75, 3.05) is 6.61 Å². The van der Waals surface area contributed by atoms with Gasteiger partial charge in [0.05, 0.1) is 32.2 Å². The summed E-state index contributed by atoms with van der Waals surface area (Å²) in [5.74, 6) is 1.71. The lowest BCUT2D eigenvalue weighted by atomic mass is 10.1. The molecule has 4 rings (SSSR count). The minimum atomic E-state index is -0.437. The second kappa shape index (κ2) is 12.7. The van der Waals surface area contributed by atoms with E-state index in [-0.39, 0.29) is 23.8 Å². The van der Waals surface area contributed by atoms with E-state index in [4.69, 9.17) is 14.5 Å². The highest BCUT2D eigenvalue weighted by atomic mass is 127. The summed E-state index contributed by atoms with van der Waals surface area (Å²) in [7, 11) is 0. The normalized spacial score (nSPS) is 12.1. The molecule has 0 saturated heterocycles. The standard InChI is InChI=1S/C28H26BrIN4O5/c1-4-17(3)27-32-24-11-8-20(29)14-22(24)28(35)33(27)31-15-19-12-23(30)26(25(13-19)38-5-2)39-16-18-6-9-21(10-7-18)34(36)37/h6-15,17H,4-5,16H2,1-3H3/t17-/m0/s1. The second-order valence-electron chi connectivity index (χ2n) is 8.78. The number of aromatic nitrogens is 2. The second-order valence-corrected chi connectivity index (χ2v) is 10.9. The molecule has 0 unspecified atom stereocenters. The summed E-state index contributed by atoms with van der Waals surface area (Å²) in [4.78, 5) is 28.6. The predicted molar refractivity (Wildman–Crippen MR) is 163 cm³/mol. The van der Waals surface area contributed by atoms with Crippen molar-refractivity contribution in [3.8, 4) is 11.5 Å². The van der Waals surface area contributed by atoms with E-state index in [1.54, 1.807) is 30.5 Å². The molecular weight excluding hydrogens is 679 g/mol. The number of nitro benzene ring substituents is 1. The third-order valence-electron chi connectivity index (χ3n) is 6.07. The Balaban J connectivity index is 1.67. The van der Waals surface area contributed by atoms with E-state index < -0.39 is 4.92 Å². The molecule has 0 fully saturated rings. The maximum Gasteiger partial charge on any atom is 0.282 e. The Morgan fingerprint density at radius 1 is 1.15 bits per heavy atom. The molecule has 202 valence electrons. The molecule has 39 heavy (non-hydrogen) atoms. The van der Waals surface area contributed by atoms with Crippen LogP contribution in [0.2, 0.25) is 0 Å². The first kappa shape index (κ1) is 28.7. The minimum Gasteiger partial charge on any atom is -0.490 e. The number of ether oxygens (including phenoxy) is 2. The van der Waals surface area contributed by atoms with Crippen LogP contribution >= 0.6 is 38.5 Å². The first-order valence-corrected chi connectivity index (χ1v) is 14.2. The summed E-state index contributed by atoms with van der Waals surface area (Å²) in [6.07, 6.45) is 2.42. The van der Waals surface area contributed by atoms with Crippen LogP contribution in [0.4, 0.5) is 5.69 Å². The lowest BCUT2D eigenvalue weighted by Gasteiger charge is -2.15. The molecule has 1 heterocycles. The van der Waals surface area contributed by atoms with Crippen molar-refractivity contribution in [2.24, 2.45) is 5.10 Å². The number of rotatable bonds is 10. The SMILES string of the molecule is CCOc1cc(C=Nn2c([C@@H](C)CC)nc3ccc(Br)cc3c2=O)cc(I)c1OCc1ccc([N+](=O)[O-])cc1. The Kier molecular flexibility index (Phi) is 9.33. The van der Waals surface area contributed by atoms with Crippen LogP contribution in [0.3, 0.4) is 0 Å². The zero-order valence-corrected chi connectivity index (χ0v) is 25.3. The highest BCUT2D eigenvalue weighted by molar-refractivity contribution is 14.1. The number of hydrogen-bond donors (Lipinski definition) is 0. The summed E-state index contributed by atoms with van der Waals surface area (Å²) in [6.45, 7) is 6.58.